The third-order valence-corrected chi connectivity index (χ3v) is 5.68. The zero-order chi connectivity index (χ0) is 16.2. The van der Waals surface area contributed by atoms with E-state index in [1.807, 2.05) is 35.7 Å². The van der Waals surface area contributed by atoms with Crippen molar-refractivity contribution in [2.75, 3.05) is 43.6 Å². The molecule has 3 rings (SSSR count). The molecule has 1 aliphatic carbocycles. The molecular formula is C18H26N2O2S. The van der Waals surface area contributed by atoms with Gasteiger partial charge in [-0.25, -0.2) is 0 Å². The molecule has 2 fully saturated rings. The summed E-state index contributed by atoms with van der Waals surface area (Å²) in [6.45, 7) is 4.47. The predicted octanol–water partition coefficient (Wildman–Crippen LogP) is 3.02. The van der Waals surface area contributed by atoms with E-state index in [9.17, 15) is 4.79 Å². The van der Waals surface area contributed by atoms with Crippen LogP contribution in [0.5, 0.6) is 0 Å². The second-order valence-electron chi connectivity index (χ2n) is 6.43. The lowest BCUT2D eigenvalue weighted by molar-refractivity contribution is 0.0771. The second-order valence-corrected chi connectivity index (χ2v) is 7.65. The fraction of sp³-hybridized carbons (Fsp3) is 0.611. The molecule has 1 saturated carbocycles. The van der Waals surface area contributed by atoms with Gasteiger partial charge in [0.2, 0.25) is 0 Å². The first kappa shape index (κ1) is 16.7. The fourth-order valence-corrected chi connectivity index (χ4v) is 4.04. The van der Waals surface area contributed by atoms with E-state index in [0.717, 1.165) is 41.4 Å². The Bertz CT molecular complexity index is 554. The number of nitrogens with zero attached hydrogens (tertiary/aromatic N) is 1. The molecule has 2 aliphatic rings. The van der Waals surface area contributed by atoms with Crippen LogP contribution < -0.4 is 5.32 Å². The number of benzene rings is 1. The van der Waals surface area contributed by atoms with Crippen molar-refractivity contribution in [2.24, 2.45) is 5.92 Å². The van der Waals surface area contributed by atoms with Gasteiger partial charge >= 0.3 is 0 Å². The summed E-state index contributed by atoms with van der Waals surface area (Å²) in [6.07, 6.45) is 2.54. The van der Waals surface area contributed by atoms with Crippen LogP contribution in [0, 0.1) is 12.8 Å². The summed E-state index contributed by atoms with van der Waals surface area (Å²) in [7, 11) is 1.75. The molecule has 126 valence electrons. The van der Waals surface area contributed by atoms with E-state index in [-0.39, 0.29) is 5.91 Å². The van der Waals surface area contributed by atoms with Crippen LogP contribution in [0.3, 0.4) is 0 Å². The summed E-state index contributed by atoms with van der Waals surface area (Å²) in [5, 5.41) is 3.61. The molecule has 0 aromatic heterocycles. The van der Waals surface area contributed by atoms with Gasteiger partial charge in [0.15, 0.2) is 0 Å². The van der Waals surface area contributed by atoms with Gasteiger partial charge in [0.25, 0.3) is 5.91 Å². The van der Waals surface area contributed by atoms with Gasteiger partial charge in [-0.3, -0.25) is 4.79 Å². The summed E-state index contributed by atoms with van der Waals surface area (Å²) in [4.78, 5) is 14.8. The number of rotatable bonds is 6. The zero-order valence-electron chi connectivity index (χ0n) is 14.0. The molecule has 1 saturated heterocycles. The average Bonchev–Trinajstić information content (AvgIpc) is 3.41. The Morgan fingerprint density at radius 1 is 1.39 bits per heavy atom. The molecule has 1 aliphatic heterocycles. The summed E-state index contributed by atoms with van der Waals surface area (Å²) < 4.78 is 5.35. The highest BCUT2D eigenvalue weighted by atomic mass is 32.2. The minimum absolute atomic E-state index is 0.168. The van der Waals surface area contributed by atoms with E-state index in [1.165, 1.54) is 12.8 Å². The Kier molecular flexibility index (Phi) is 5.49. The van der Waals surface area contributed by atoms with E-state index in [2.05, 4.69) is 11.4 Å². The SMILES string of the molecule is COC[C@@H](Nc1cccc(C(=O)N2CCSCC2)c1C)C1CC1. The van der Waals surface area contributed by atoms with E-state index in [1.54, 1.807) is 7.11 Å². The lowest BCUT2D eigenvalue weighted by atomic mass is 10.0. The van der Waals surface area contributed by atoms with E-state index >= 15 is 0 Å². The number of nitrogens with one attached hydrogen (secondary N) is 1. The predicted molar refractivity (Wildman–Crippen MR) is 96.4 cm³/mol. The van der Waals surface area contributed by atoms with Crippen molar-refractivity contribution in [1.29, 1.82) is 0 Å². The Labute approximate surface area is 143 Å². The largest absolute Gasteiger partial charge is 0.383 e. The number of thioether (sulfide) groups is 1. The highest BCUT2D eigenvalue weighted by Crippen LogP contribution is 2.35. The van der Waals surface area contributed by atoms with E-state index in [4.69, 9.17) is 4.74 Å². The lowest BCUT2D eigenvalue weighted by Crippen LogP contribution is -2.38. The fourth-order valence-electron chi connectivity index (χ4n) is 3.13. The summed E-state index contributed by atoms with van der Waals surface area (Å²) in [5.74, 6) is 2.95. The van der Waals surface area contributed by atoms with Gasteiger partial charge in [0.1, 0.15) is 0 Å². The molecule has 4 nitrogen and oxygen atoms in total. The van der Waals surface area contributed by atoms with Gasteiger partial charge in [-0.05, 0) is 43.4 Å². The highest BCUT2D eigenvalue weighted by molar-refractivity contribution is 7.99. The molecule has 0 spiro atoms. The molecule has 23 heavy (non-hydrogen) atoms. The minimum atomic E-state index is 0.168. The number of ether oxygens (including phenoxy) is 1. The Morgan fingerprint density at radius 3 is 2.78 bits per heavy atom. The number of amides is 1. The summed E-state index contributed by atoms with van der Waals surface area (Å²) in [5.41, 5.74) is 2.95. The normalized spacial score (nSPS) is 19.5. The van der Waals surface area contributed by atoms with Crippen molar-refractivity contribution in [1.82, 2.24) is 4.90 Å². The molecule has 5 heteroatoms. The van der Waals surface area contributed by atoms with Crippen LogP contribution in [-0.2, 0) is 4.74 Å². The van der Waals surface area contributed by atoms with Crippen LogP contribution in [0.4, 0.5) is 5.69 Å². The third kappa shape index (κ3) is 4.01. The molecule has 1 amide bonds. The third-order valence-electron chi connectivity index (χ3n) is 4.74. The van der Waals surface area contributed by atoms with Crippen molar-refractivity contribution in [3.63, 3.8) is 0 Å². The van der Waals surface area contributed by atoms with Gasteiger partial charge in [-0.2, -0.15) is 11.8 Å². The molecule has 0 radical (unpaired) electrons. The quantitative estimate of drug-likeness (QED) is 0.868. The number of anilines is 1. The first-order chi connectivity index (χ1) is 11.2. The number of carbonyl (C=O) groups excluding carboxylic acids is 1. The molecule has 1 aromatic carbocycles. The molecule has 1 aromatic rings. The molecule has 0 unspecified atom stereocenters. The van der Waals surface area contributed by atoms with Crippen LogP contribution >= 0.6 is 11.8 Å². The monoisotopic (exact) mass is 334 g/mol. The van der Waals surface area contributed by atoms with Crippen LogP contribution in [0.1, 0.15) is 28.8 Å². The van der Waals surface area contributed by atoms with Crippen molar-refractivity contribution in [3.8, 4) is 0 Å². The average molecular weight is 334 g/mol. The van der Waals surface area contributed by atoms with Crippen molar-refractivity contribution < 1.29 is 9.53 Å². The van der Waals surface area contributed by atoms with Gasteiger partial charge < -0.3 is 15.0 Å². The maximum atomic E-state index is 12.8. The van der Waals surface area contributed by atoms with Crippen molar-refractivity contribution >= 4 is 23.4 Å². The van der Waals surface area contributed by atoms with Crippen molar-refractivity contribution in [3.05, 3.63) is 29.3 Å². The first-order valence-corrected chi connectivity index (χ1v) is 9.58. The standard InChI is InChI=1S/C18H26N2O2S/c1-13-15(18(21)20-8-10-23-11-9-20)4-3-5-16(13)19-17(12-22-2)14-6-7-14/h3-5,14,17,19H,6-12H2,1-2H3/t17-/m1/s1. The summed E-state index contributed by atoms with van der Waals surface area (Å²) >= 11 is 1.92. The number of hydrogen-bond acceptors (Lipinski definition) is 4. The van der Waals surface area contributed by atoms with Crippen LogP contribution in [0.2, 0.25) is 0 Å². The van der Waals surface area contributed by atoms with Crippen LogP contribution in [0.25, 0.3) is 0 Å². The molecular weight excluding hydrogens is 308 g/mol. The van der Waals surface area contributed by atoms with Crippen LogP contribution in [0.15, 0.2) is 18.2 Å². The van der Waals surface area contributed by atoms with Crippen LogP contribution in [-0.4, -0.2) is 55.2 Å². The summed E-state index contributed by atoms with van der Waals surface area (Å²) in [6, 6.07) is 6.35. The van der Waals surface area contributed by atoms with E-state index < -0.39 is 0 Å². The second kappa shape index (κ2) is 7.58. The number of hydrogen-bond donors (Lipinski definition) is 1. The van der Waals surface area contributed by atoms with Gasteiger partial charge in [-0.1, -0.05) is 6.07 Å². The minimum Gasteiger partial charge on any atom is -0.383 e. The topological polar surface area (TPSA) is 41.6 Å². The zero-order valence-corrected chi connectivity index (χ0v) is 14.8. The Hall–Kier alpha value is -1.20. The van der Waals surface area contributed by atoms with E-state index in [0.29, 0.717) is 18.6 Å². The molecule has 0 bridgehead atoms. The number of methoxy groups -OCH3 is 1. The maximum Gasteiger partial charge on any atom is 0.254 e. The Balaban J connectivity index is 1.75. The molecule has 1 heterocycles. The molecule has 1 N–H and O–H groups in total. The first-order valence-electron chi connectivity index (χ1n) is 8.43. The smallest absolute Gasteiger partial charge is 0.254 e. The van der Waals surface area contributed by atoms with Gasteiger partial charge in [-0.15, -0.1) is 0 Å². The Morgan fingerprint density at radius 2 is 2.13 bits per heavy atom. The van der Waals surface area contributed by atoms with Crippen molar-refractivity contribution in [2.45, 2.75) is 25.8 Å². The van der Waals surface area contributed by atoms with Gasteiger partial charge in [0, 0.05) is 43.0 Å². The molecule has 1 atom stereocenters. The van der Waals surface area contributed by atoms with Gasteiger partial charge in [0.05, 0.1) is 12.6 Å². The lowest BCUT2D eigenvalue weighted by Gasteiger charge is -2.28. The maximum absolute atomic E-state index is 12.8. The highest BCUT2D eigenvalue weighted by Gasteiger charge is 2.31. The number of carbonyl (C=O) groups is 1.